The molecule has 4 N–H and O–H groups in total. The van der Waals surface area contributed by atoms with Crippen LogP contribution in [0.3, 0.4) is 0 Å². The van der Waals surface area contributed by atoms with Crippen LogP contribution in [0.4, 0.5) is 10.5 Å². The minimum absolute atomic E-state index is 0.196. The Balaban J connectivity index is 2.02. The predicted octanol–water partition coefficient (Wildman–Crippen LogP) is 2.38. The summed E-state index contributed by atoms with van der Waals surface area (Å²) in [5.74, 6) is -2.13. The third-order valence-corrected chi connectivity index (χ3v) is 4.34. The van der Waals surface area contributed by atoms with Gasteiger partial charge in [-0.25, -0.2) is 9.59 Å². The van der Waals surface area contributed by atoms with Gasteiger partial charge in [0.2, 0.25) is 0 Å². The summed E-state index contributed by atoms with van der Waals surface area (Å²) in [6.45, 7) is 3.34. The molecule has 1 atom stereocenters. The van der Waals surface area contributed by atoms with Crippen molar-refractivity contribution in [2.45, 2.75) is 20.0 Å². The maximum Gasteiger partial charge on any atom is 0.338 e. The molecule has 0 spiro atoms. The minimum Gasteiger partial charge on any atom is -0.448 e. The van der Waals surface area contributed by atoms with Gasteiger partial charge < -0.3 is 15.8 Å². The summed E-state index contributed by atoms with van der Waals surface area (Å²) in [5, 5.41) is 6.41. The average Bonchev–Trinajstić information content (AvgIpc) is 3.13. The van der Waals surface area contributed by atoms with Gasteiger partial charge in [-0.2, -0.15) is 0 Å². The van der Waals surface area contributed by atoms with Crippen LogP contribution in [-0.2, 0) is 9.53 Å². The Kier molecular flexibility index (Phi) is 6.67. The Morgan fingerprint density at radius 3 is 2.26 bits per heavy atom. The highest BCUT2D eigenvalue weighted by atomic mass is 32.1. The second-order valence-electron chi connectivity index (χ2n) is 5.93. The number of hydrogen-bond donors (Lipinski definition) is 3. The van der Waals surface area contributed by atoms with E-state index in [1.165, 1.54) is 23.5 Å². The van der Waals surface area contributed by atoms with Crippen LogP contribution in [0.2, 0.25) is 0 Å². The molecule has 1 heterocycles. The largest absolute Gasteiger partial charge is 0.448 e. The summed E-state index contributed by atoms with van der Waals surface area (Å²) < 4.78 is 5.20. The van der Waals surface area contributed by atoms with E-state index in [1.807, 2.05) is 5.32 Å². The van der Waals surface area contributed by atoms with Gasteiger partial charge in [-0.1, -0.05) is 19.9 Å². The topological polar surface area (TPSA) is 128 Å². The van der Waals surface area contributed by atoms with Crippen molar-refractivity contribution in [1.82, 2.24) is 5.32 Å². The lowest BCUT2D eigenvalue weighted by Crippen LogP contribution is -2.45. The fourth-order valence-electron chi connectivity index (χ4n) is 2.16. The molecule has 4 amide bonds. The number of esters is 1. The molecule has 0 aliphatic carbocycles. The predicted molar refractivity (Wildman–Crippen MR) is 100 cm³/mol. The molecule has 0 aliphatic heterocycles. The molecule has 2 aromatic rings. The van der Waals surface area contributed by atoms with Crippen LogP contribution in [0, 0.1) is 5.92 Å². The van der Waals surface area contributed by atoms with E-state index >= 15 is 0 Å². The van der Waals surface area contributed by atoms with E-state index < -0.39 is 24.0 Å². The summed E-state index contributed by atoms with van der Waals surface area (Å²) in [6, 6.07) is 8.50. The normalized spacial score (nSPS) is 11.5. The lowest BCUT2D eigenvalue weighted by Gasteiger charge is -2.19. The molecule has 0 aliphatic rings. The fraction of sp³-hybridized carbons (Fsp3) is 0.222. The van der Waals surface area contributed by atoms with Crippen molar-refractivity contribution in [2.24, 2.45) is 11.7 Å². The van der Waals surface area contributed by atoms with Gasteiger partial charge in [-0.15, -0.1) is 11.3 Å². The van der Waals surface area contributed by atoms with Crippen molar-refractivity contribution in [3.63, 3.8) is 0 Å². The molecule has 2 rings (SSSR count). The highest BCUT2D eigenvalue weighted by Crippen LogP contribution is 2.16. The number of hydrogen-bond acceptors (Lipinski definition) is 6. The van der Waals surface area contributed by atoms with E-state index in [2.05, 4.69) is 5.32 Å². The zero-order chi connectivity index (χ0) is 20.0. The number of benzene rings is 1. The van der Waals surface area contributed by atoms with Crippen molar-refractivity contribution in [3.05, 3.63) is 52.2 Å². The van der Waals surface area contributed by atoms with Crippen molar-refractivity contribution in [1.29, 1.82) is 0 Å². The van der Waals surface area contributed by atoms with Gasteiger partial charge in [-0.3, -0.25) is 14.9 Å². The molecule has 0 radical (unpaired) electrons. The standard InChI is InChI=1S/C18H19N3O5S/c1-10(2)14(16(23)21-18(19)25)26-17(24)11-5-7-12(8-6-11)20-15(22)13-4-3-9-27-13/h3-10,14H,1-2H3,(H,20,22)(H3,19,21,23,25)/t14-/m0/s1. The van der Waals surface area contributed by atoms with E-state index in [-0.39, 0.29) is 17.4 Å². The summed E-state index contributed by atoms with van der Waals surface area (Å²) in [4.78, 5) is 47.6. The van der Waals surface area contributed by atoms with E-state index in [1.54, 1.807) is 43.5 Å². The highest BCUT2D eigenvalue weighted by Gasteiger charge is 2.27. The van der Waals surface area contributed by atoms with Crippen LogP contribution in [0.5, 0.6) is 0 Å². The summed E-state index contributed by atoms with van der Waals surface area (Å²) in [7, 11) is 0. The third kappa shape index (κ3) is 5.65. The smallest absolute Gasteiger partial charge is 0.338 e. The molecule has 27 heavy (non-hydrogen) atoms. The number of thiophene rings is 1. The molecule has 0 saturated heterocycles. The van der Waals surface area contributed by atoms with Gasteiger partial charge in [0, 0.05) is 5.69 Å². The minimum atomic E-state index is -1.16. The highest BCUT2D eigenvalue weighted by molar-refractivity contribution is 7.12. The van der Waals surface area contributed by atoms with Crippen LogP contribution in [0.1, 0.15) is 33.9 Å². The van der Waals surface area contributed by atoms with Crippen molar-refractivity contribution < 1.29 is 23.9 Å². The molecule has 0 unspecified atom stereocenters. The van der Waals surface area contributed by atoms with E-state index in [4.69, 9.17) is 10.5 Å². The number of primary amides is 1. The lowest BCUT2D eigenvalue weighted by molar-refractivity contribution is -0.130. The number of nitrogens with two attached hydrogens (primary N) is 1. The molecule has 1 aromatic carbocycles. The van der Waals surface area contributed by atoms with Gasteiger partial charge in [0.15, 0.2) is 6.10 Å². The van der Waals surface area contributed by atoms with E-state index in [9.17, 15) is 19.2 Å². The first-order valence-corrected chi connectivity index (χ1v) is 8.92. The second-order valence-corrected chi connectivity index (χ2v) is 6.88. The third-order valence-electron chi connectivity index (χ3n) is 3.47. The number of nitrogens with one attached hydrogen (secondary N) is 2. The quantitative estimate of drug-likeness (QED) is 0.654. The Hall–Kier alpha value is -3.20. The first kappa shape index (κ1) is 20.1. The monoisotopic (exact) mass is 389 g/mol. The Bertz CT molecular complexity index is 831. The summed E-state index contributed by atoms with van der Waals surface area (Å²) in [5.41, 5.74) is 5.63. The van der Waals surface area contributed by atoms with Gasteiger partial charge in [-0.05, 0) is 41.6 Å². The van der Waals surface area contributed by atoms with Crippen LogP contribution in [0.25, 0.3) is 0 Å². The van der Waals surface area contributed by atoms with Crippen LogP contribution in [-0.4, -0.2) is 29.9 Å². The molecule has 9 heteroatoms. The van der Waals surface area contributed by atoms with Crippen LogP contribution in [0.15, 0.2) is 41.8 Å². The lowest BCUT2D eigenvalue weighted by atomic mass is 10.1. The van der Waals surface area contributed by atoms with Crippen molar-refractivity contribution >= 4 is 40.8 Å². The summed E-state index contributed by atoms with van der Waals surface area (Å²) in [6.07, 6.45) is -1.16. The fourth-order valence-corrected chi connectivity index (χ4v) is 2.78. The SMILES string of the molecule is CC(C)[C@H](OC(=O)c1ccc(NC(=O)c2cccs2)cc1)C(=O)NC(N)=O. The number of urea groups is 1. The Morgan fingerprint density at radius 1 is 1.07 bits per heavy atom. The number of imide groups is 1. The molecular formula is C18H19N3O5S. The van der Waals surface area contributed by atoms with Crippen molar-refractivity contribution in [2.75, 3.05) is 5.32 Å². The Labute approximate surface area is 159 Å². The van der Waals surface area contributed by atoms with Gasteiger partial charge in [0.05, 0.1) is 10.4 Å². The molecule has 142 valence electrons. The maximum absolute atomic E-state index is 12.3. The molecule has 0 fully saturated rings. The molecule has 0 bridgehead atoms. The van der Waals surface area contributed by atoms with Gasteiger partial charge in [0.1, 0.15) is 0 Å². The van der Waals surface area contributed by atoms with Gasteiger partial charge >= 0.3 is 12.0 Å². The summed E-state index contributed by atoms with van der Waals surface area (Å²) >= 11 is 1.32. The number of amides is 4. The van der Waals surface area contributed by atoms with Crippen molar-refractivity contribution in [3.8, 4) is 0 Å². The molecular weight excluding hydrogens is 370 g/mol. The van der Waals surface area contributed by atoms with E-state index in [0.717, 1.165) is 0 Å². The first-order valence-electron chi connectivity index (χ1n) is 8.04. The molecule has 0 saturated carbocycles. The zero-order valence-electron chi connectivity index (χ0n) is 14.7. The molecule has 1 aromatic heterocycles. The van der Waals surface area contributed by atoms with E-state index in [0.29, 0.717) is 10.6 Å². The Morgan fingerprint density at radius 2 is 1.74 bits per heavy atom. The average molecular weight is 389 g/mol. The first-order chi connectivity index (χ1) is 12.8. The maximum atomic E-state index is 12.3. The zero-order valence-corrected chi connectivity index (χ0v) is 15.5. The second kappa shape index (κ2) is 8.95. The number of anilines is 1. The number of rotatable bonds is 6. The number of ether oxygens (including phenoxy) is 1. The van der Waals surface area contributed by atoms with Gasteiger partial charge in [0.25, 0.3) is 11.8 Å². The molecule has 8 nitrogen and oxygen atoms in total. The van der Waals surface area contributed by atoms with Crippen LogP contribution >= 0.6 is 11.3 Å². The number of carbonyl (C=O) groups is 4. The van der Waals surface area contributed by atoms with Crippen LogP contribution < -0.4 is 16.4 Å². The number of carbonyl (C=O) groups excluding carboxylic acids is 4.